The molecule has 1 aliphatic rings. The third-order valence-electron chi connectivity index (χ3n) is 3.37. The Balaban J connectivity index is 2.89. The second-order valence-corrected chi connectivity index (χ2v) is 4.67. The van der Waals surface area contributed by atoms with Gasteiger partial charge in [-0.2, -0.15) is 0 Å². The third-order valence-corrected chi connectivity index (χ3v) is 3.37. The van der Waals surface area contributed by atoms with Gasteiger partial charge in [-0.25, -0.2) is 0 Å². The van der Waals surface area contributed by atoms with E-state index in [0.29, 0.717) is 0 Å². The van der Waals surface area contributed by atoms with Gasteiger partial charge in [0.25, 0.3) is 0 Å². The fraction of sp³-hybridized carbons (Fsp3) is 1.00. The van der Waals surface area contributed by atoms with Crippen LogP contribution in [0.3, 0.4) is 0 Å². The van der Waals surface area contributed by atoms with Crippen LogP contribution in [0.5, 0.6) is 0 Å². The molecule has 0 bridgehead atoms. The molecule has 1 rings (SSSR count). The van der Waals surface area contributed by atoms with Crippen LogP contribution in [-0.4, -0.2) is 93.6 Å². The second kappa shape index (κ2) is 7.07. The molecule has 6 N–H and O–H groups in total. The third kappa shape index (κ3) is 3.27. The molecule has 9 heteroatoms. The number of ether oxygens (including phenoxy) is 3. The van der Waals surface area contributed by atoms with Crippen LogP contribution in [0.1, 0.15) is 6.92 Å². The molecule has 20 heavy (non-hydrogen) atoms. The summed E-state index contributed by atoms with van der Waals surface area (Å²) in [7, 11) is 1.17. The van der Waals surface area contributed by atoms with Crippen LogP contribution in [0.4, 0.5) is 0 Å². The van der Waals surface area contributed by atoms with Gasteiger partial charge in [-0.05, 0) is 6.92 Å². The van der Waals surface area contributed by atoms with Gasteiger partial charge in [0.2, 0.25) is 5.79 Å². The van der Waals surface area contributed by atoms with Gasteiger partial charge in [0.1, 0.15) is 30.5 Å². The van der Waals surface area contributed by atoms with E-state index in [2.05, 4.69) is 0 Å². The summed E-state index contributed by atoms with van der Waals surface area (Å²) in [5.74, 6) is -1.87. The van der Waals surface area contributed by atoms with Gasteiger partial charge in [-0.15, -0.1) is 0 Å². The monoisotopic (exact) mass is 298 g/mol. The van der Waals surface area contributed by atoms with Crippen molar-refractivity contribution in [1.29, 1.82) is 0 Å². The fourth-order valence-electron chi connectivity index (χ4n) is 1.91. The van der Waals surface area contributed by atoms with Gasteiger partial charge in [0, 0.05) is 7.11 Å². The molecule has 0 aromatic carbocycles. The van der Waals surface area contributed by atoms with Gasteiger partial charge in [-0.3, -0.25) is 0 Å². The van der Waals surface area contributed by atoms with Crippen molar-refractivity contribution in [2.24, 2.45) is 0 Å². The molecule has 0 aromatic rings. The van der Waals surface area contributed by atoms with E-state index in [9.17, 15) is 25.5 Å². The first-order valence-electron chi connectivity index (χ1n) is 6.15. The van der Waals surface area contributed by atoms with Gasteiger partial charge in [-0.1, -0.05) is 0 Å². The average Bonchev–Trinajstić information content (AvgIpc) is 2.44. The number of methoxy groups -OCH3 is 1. The summed E-state index contributed by atoms with van der Waals surface area (Å²) in [6.45, 7) is -0.0570. The van der Waals surface area contributed by atoms with Crippen molar-refractivity contribution in [3.05, 3.63) is 0 Å². The van der Waals surface area contributed by atoms with Crippen molar-refractivity contribution in [3.63, 3.8) is 0 Å². The Morgan fingerprint density at radius 3 is 2.15 bits per heavy atom. The zero-order valence-electron chi connectivity index (χ0n) is 11.3. The smallest absolute Gasteiger partial charge is 0.220 e. The summed E-state index contributed by atoms with van der Waals surface area (Å²) in [4.78, 5) is 0. The summed E-state index contributed by atoms with van der Waals surface area (Å²) < 4.78 is 15.2. The first kappa shape index (κ1) is 17.7. The minimum absolute atomic E-state index is 0.613. The summed E-state index contributed by atoms with van der Waals surface area (Å²) in [5.41, 5.74) is 0. The number of aliphatic hydroxyl groups excluding tert-OH is 6. The SMILES string of the molecule is CO[C@@](CO)(OC1OC(CO)C(O)C(O)C1O)C(C)O. The van der Waals surface area contributed by atoms with Crippen molar-refractivity contribution in [2.45, 2.75) is 49.5 Å². The molecule has 1 fully saturated rings. The van der Waals surface area contributed by atoms with Crippen molar-refractivity contribution < 1.29 is 44.8 Å². The molecule has 0 spiro atoms. The number of rotatable bonds is 6. The topological polar surface area (TPSA) is 149 Å². The molecular formula is C11H22O9. The molecule has 9 nitrogen and oxygen atoms in total. The molecule has 0 amide bonds. The molecule has 7 atom stereocenters. The summed E-state index contributed by atoms with van der Waals surface area (Å²) in [6, 6.07) is 0. The quantitative estimate of drug-likeness (QED) is 0.275. The molecule has 120 valence electrons. The van der Waals surface area contributed by atoms with Crippen LogP contribution in [0.25, 0.3) is 0 Å². The Labute approximate surface area is 115 Å². The highest BCUT2D eigenvalue weighted by molar-refractivity contribution is 4.90. The van der Waals surface area contributed by atoms with Crippen LogP contribution in [0.2, 0.25) is 0 Å². The Hall–Kier alpha value is -0.360. The molecule has 0 radical (unpaired) electrons. The van der Waals surface area contributed by atoms with Crippen LogP contribution in [0, 0.1) is 0 Å². The largest absolute Gasteiger partial charge is 0.394 e. The second-order valence-electron chi connectivity index (χ2n) is 4.67. The molecule has 1 saturated heterocycles. The van der Waals surface area contributed by atoms with E-state index in [4.69, 9.17) is 19.3 Å². The van der Waals surface area contributed by atoms with Gasteiger partial charge >= 0.3 is 0 Å². The number of hydrogen-bond acceptors (Lipinski definition) is 9. The van der Waals surface area contributed by atoms with E-state index < -0.39 is 55.8 Å². The lowest BCUT2D eigenvalue weighted by Gasteiger charge is -2.44. The maximum absolute atomic E-state index is 9.80. The van der Waals surface area contributed by atoms with Gasteiger partial charge < -0.3 is 44.8 Å². The zero-order chi connectivity index (χ0) is 15.5. The summed E-state index contributed by atoms with van der Waals surface area (Å²) in [6.07, 6.45) is -8.72. The number of aliphatic hydroxyl groups is 6. The first-order valence-corrected chi connectivity index (χ1v) is 6.15. The van der Waals surface area contributed by atoms with Crippen LogP contribution in [-0.2, 0) is 14.2 Å². The Bertz CT molecular complexity index is 292. The van der Waals surface area contributed by atoms with Crippen molar-refractivity contribution >= 4 is 0 Å². The van der Waals surface area contributed by atoms with Crippen molar-refractivity contribution in [1.82, 2.24) is 0 Å². The van der Waals surface area contributed by atoms with Crippen molar-refractivity contribution in [2.75, 3.05) is 20.3 Å². The van der Waals surface area contributed by atoms with E-state index in [-0.39, 0.29) is 0 Å². The van der Waals surface area contributed by atoms with E-state index in [1.807, 2.05) is 0 Å². The minimum atomic E-state index is -1.87. The molecule has 1 heterocycles. The Kier molecular flexibility index (Phi) is 6.25. The zero-order valence-corrected chi connectivity index (χ0v) is 11.3. The molecule has 6 unspecified atom stereocenters. The predicted octanol–water partition coefficient (Wildman–Crippen LogP) is -3.48. The minimum Gasteiger partial charge on any atom is -0.394 e. The molecule has 0 aromatic heterocycles. The number of hydrogen-bond donors (Lipinski definition) is 6. The fourth-order valence-corrected chi connectivity index (χ4v) is 1.91. The molecular weight excluding hydrogens is 276 g/mol. The van der Waals surface area contributed by atoms with Gasteiger partial charge in [0.05, 0.1) is 13.2 Å². The van der Waals surface area contributed by atoms with Gasteiger partial charge in [0.15, 0.2) is 6.29 Å². The van der Waals surface area contributed by atoms with Crippen LogP contribution < -0.4 is 0 Å². The standard InChI is InChI=1S/C11H22O9/c1-5(14)11(4-13,18-2)20-10-9(17)8(16)7(15)6(3-12)19-10/h5-10,12-17H,3-4H2,1-2H3/t5?,6?,7?,8?,9?,10?,11-/m0/s1. The maximum atomic E-state index is 9.80. The highest BCUT2D eigenvalue weighted by Crippen LogP contribution is 2.27. The lowest BCUT2D eigenvalue weighted by Crippen LogP contribution is -2.62. The Morgan fingerprint density at radius 1 is 1.15 bits per heavy atom. The lowest BCUT2D eigenvalue weighted by atomic mass is 9.99. The lowest BCUT2D eigenvalue weighted by molar-refractivity contribution is -0.387. The normalized spacial score (nSPS) is 39.3. The average molecular weight is 298 g/mol. The molecule has 0 saturated carbocycles. The molecule has 0 aliphatic carbocycles. The highest BCUT2D eigenvalue weighted by Gasteiger charge is 2.49. The van der Waals surface area contributed by atoms with E-state index in [1.165, 1.54) is 14.0 Å². The summed E-state index contributed by atoms with van der Waals surface area (Å²) in [5, 5.41) is 57.0. The van der Waals surface area contributed by atoms with Crippen LogP contribution in [0.15, 0.2) is 0 Å². The summed E-state index contributed by atoms with van der Waals surface area (Å²) >= 11 is 0. The maximum Gasteiger partial charge on any atom is 0.220 e. The van der Waals surface area contributed by atoms with Crippen molar-refractivity contribution in [3.8, 4) is 0 Å². The predicted molar refractivity (Wildman–Crippen MR) is 63.4 cm³/mol. The van der Waals surface area contributed by atoms with Crippen LogP contribution >= 0.6 is 0 Å². The molecule has 1 aliphatic heterocycles. The van der Waals surface area contributed by atoms with E-state index in [0.717, 1.165) is 0 Å². The Morgan fingerprint density at radius 2 is 1.75 bits per heavy atom. The van der Waals surface area contributed by atoms with E-state index in [1.54, 1.807) is 0 Å². The highest BCUT2D eigenvalue weighted by atomic mass is 16.8. The first-order chi connectivity index (χ1) is 9.32. The van der Waals surface area contributed by atoms with E-state index >= 15 is 0 Å².